The zero-order valence-corrected chi connectivity index (χ0v) is 8.25. The van der Waals surface area contributed by atoms with E-state index in [9.17, 15) is 0 Å². The van der Waals surface area contributed by atoms with E-state index in [1.54, 1.807) is 18.0 Å². The predicted octanol–water partition coefficient (Wildman–Crippen LogP) is 4.07. The topological polar surface area (TPSA) is 13.1 Å². The highest BCUT2D eigenvalue weighted by atomic mass is 32.2. The first kappa shape index (κ1) is 7.94. The van der Waals surface area contributed by atoms with E-state index in [4.69, 9.17) is 4.42 Å². The molecule has 0 saturated heterocycles. The highest BCUT2D eigenvalue weighted by Crippen LogP contribution is 2.34. The molecule has 0 fully saturated rings. The molecule has 2 heterocycles. The number of fused-ring (bicyclic) bond motifs is 3. The van der Waals surface area contributed by atoms with Gasteiger partial charge in [0.15, 0.2) is 0 Å². The minimum atomic E-state index is 0.990. The summed E-state index contributed by atoms with van der Waals surface area (Å²) in [6, 6.07) is 6.21. The van der Waals surface area contributed by atoms with Gasteiger partial charge in [0.2, 0.25) is 0 Å². The monoisotopic (exact) mass is 200 g/mol. The molecule has 1 aliphatic rings. The molecule has 1 aliphatic heterocycles. The summed E-state index contributed by atoms with van der Waals surface area (Å²) >= 11 is 1.71. The molecule has 0 aliphatic carbocycles. The van der Waals surface area contributed by atoms with Crippen LogP contribution in [0.25, 0.3) is 17.0 Å². The summed E-state index contributed by atoms with van der Waals surface area (Å²) < 4.78 is 5.48. The van der Waals surface area contributed by atoms with E-state index in [-0.39, 0.29) is 0 Å². The predicted molar refractivity (Wildman–Crippen MR) is 60.2 cm³/mol. The van der Waals surface area contributed by atoms with Crippen molar-refractivity contribution in [1.82, 2.24) is 0 Å². The van der Waals surface area contributed by atoms with Gasteiger partial charge in [0, 0.05) is 5.39 Å². The molecule has 2 heteroatoms. The second-order valence-corrected chi connectivity index (χ2v) is 4.04. The van der Waals surface area contributed by atoms with Gasteiger partial charge in [-0.25, -0.2) is 0 Å². The Hall–Kier alpha value is -1.41. The average molecular weight is 200 g/mol. The maximum absolute atomic E-state index is 5.48. The van der Waals surface area contributed by atoms with Gasteiger partial charge in [0.1, 0.15) is 5.58 Å². The van der Waals surface area contributed by atoms with Crippen LogP contribution in [0.4, 0.5) is 0 Å². The van der Waals surface area contributed by atoms with Crippen LogP contribution in [-0.2, 0) is 0 Å². The number of hydrogen-bond acceptors (Lipinski definition) is 2. The third-order valence-corrected chi connectivity index (χ3v) is 3.21. The number of benzene rings is 1. The van der Waals surface area contributed by atoms with Gasteiger partial charge in [0.05, 0.1) is 11.2 Å². The maximum atomic E-state index is 5.48. The van der Waals surface area contributed by atoms with Gasteiger partial charge in [-0.15, -0.1) is 0 Å². The fourth-order valence-electron chi connectivity index (χ4n) is 1.59. The minimum absolute atomic E-state index is 0.990. The lowest BCUT2D eigenvalue weighted by Gasteiger charge is -2.01. The summed E-state index contributed by atoms with van der Waals surface area (Å²) in [7, 11) is 0. The Morgan fingerprint density at radius 1 is 1.07 bits per heavy atom. The Labute approximate surface area is 86.1 Å². The molecule has 2 aromatic rings. The van der Waals surface area contributed by atoms with E-state index in [0.717, 1.165) is 5.58 Å². The van der Waals surface area contributed by atoms with Gasteiger partial charge in [-0.05, 0) is 17.0 Å². The average Bonchev–Trinajstić information content (AvgIpc) is 2.55. The van der Waals surface area contributed by atoms with Crippen molar-refractivity contribution in [3.8, 4) is 0 Å². The fraction of sp³-hybridized carbons (Fsp3) is 0. The molecule has 14 heavy (non-hydrogen) atoms. The standard InChI is InChI=1S/C12H8OS/c1-2-8-14-12-10(3-1)5-4-9-6-7-13-11(9)12/h1-8H. The van der Waals surface area contributed by atoms with Crippen LogP contribution in [0.5, 0.6) is 0 Å². The smallest absolute Gasteiger partial charge is 0.148 e. The molecular weight excluding hydrogens is 192 g/mol. The third-order valence-electron chi connectivity index (χ3n) is 2.26. The lowest BCUT2D eigenvalue weighted by atomic mass is 10.1. The van der Waals surface area contributed by atoms with Crippen molar-refractivity contribution in [3.63, 3.8) is 0 Å². The molecule has 0 atom stereocenters. The highest BCUT2D eigenvalue weighted by Gasteiger charge is 2.08. The van der Waals surface area contributed by atoms with Crippen LogP contribution in [0.1, 0.15) is 5.56 Å². The normalized spacial score (nSPS) is 14.3. The molecule has 68 valence electrons. The molecule has 1 aromatic carbocycles. The Kier molecular flexibility index (Phi) is 1.74. The van der Waals surface area contributed by atoms with Gasteiger partial charge in [-0.3, -0.25) is 0 Å². The molecule has 1 aromatic heterocycles. The molecule has 1 nitrogen and oxygen atoms in total. The van der Waals surface area contributed by atoms with Crippen LogP contribution >= 0.6 is 11.8 Å². The second kappa shape index (κ2) is 3.07. The molecule has 0 saturated carbocycles. The number of allylic oxidation sites excluding steroid dienone is 2. The molecular formula is C12H8OS. The van der Waals surface area contributed by atoms with Gasteiger partial charge >= 0.3 is 0 Å². The van der Waals surface area contributed by atoms with E-state index >= 15 is 0 Å². The molecule has 0 spiro atoms. The molecule has 3 rings (SSSR count). The van der Waals surface area contributed by atoms with E-state index < -0.39 is 0 Å². The van der Waals surface area contributed by atoms with Crippen molar-refractivity contribution in [2.24, 2.45) is 0 Å². The van der Waals surface area contributed by atoms with Gasteiger partial charge in [-0.1, -0.05) is 42.1 Å². The summed E-state index contributed by atoms with van der Waals surface area (Å²) in [6.07, 6.45) is 7.94. The Morgan fingerprint density at radius 3 is 3.07 bits per heavy atom. The molecule has 0 amide bonds. The van der Waals surface area contributed by atoms with Crippen molar-refractivity contribution in [2.45, 2.75) is 4.90 Å². The molecule has 0 N–H and O–H groups in total. The SMILES string of the molecule is C1=CSc2c(ccc3ccoc23)C=C1. The quantitative estimate of drug-likeness (QED) is 0.636. The maximum Gasteiger partial charge on any atom is 0.148 e. The zero-order chi connectivity index (χ0) is 9.38. The first-order chi connectivity index (χ1) is 6.95. The van der Waals surface area contributed by atoms with Gasteiger partial charge < -0.3 is 4.42 Å². The molecule has 0 radical (unpaired) electrons. The van der Waals surface area contributed by atoms with Crippen LogP contribution in [0.3, 0.4) is 0 Å². The van der Waals surface area contributed by atoms with Crippen molar-refractivity contribution >= 4 is 28.8 Å². The fourth-order valence-corrected chi connectivity index (χ4v) is 2.44. The minimum Gasteiger partial charge on any atom is -0.463 e. The van der Waals surface area contributed by atoms with Crippen LogP contribution in [0.2, 0.25) is 0 Å². The second-order valence-electron chi connectivity index (χ2n) is 3.13. The van der Waals surface area contributed by atoms with E-state index in [1.165, 1.54) is 15.8 Å². The Balaban J connectivity index is 2.38. The molecule has 0 bridgehead atoms. The number of furan rings is 1. The Bertz CT molecular complexity index is 534. The Morgan fingerprint density at radius 2 is 2.07 bits per heavy atom. The van der Waals surface area contributed by atoms with Gasteiger partial charge in [-0.2, -0.15) is 0 Å². The third kappa shape index (κ3) is 1.11. The van der Waals surface area contributed by atoms with E-state index in [0.29, 0.717) is 0 Å². The number of thioether (sulfide) groups is 1. The van der Waals surface area contributed by atoms with Crippen LogP contribution in [0.15, 0.2) is 51.3 Å². The lowest BCUT2D eigenvalue weighted by Crippen LogP contribution is -1.77. The summed E-state index contributed by atoms with van der Waals surface area (Å²) in [5.74, 6) is 0. The largest absolute Gasteiger partial charge is 0.463 e. The van der Waals surface area contributed by atoms with Crippen LogP contribution in [0, 0.1) is 0 Å². The van der Waals surface area contributed by atoms with E-state index in [2.05, 4.69) is 23.6 Å². The first-order valence-electron chi connectivity index (χ1n) is 4.45. The summed E-state index contributed by atoms with van der Waals surface area (Å²) in [5.41, 5.74) is 2.21. The van der Waals surface area contributed by atoms with Crippen molar-refractivity contribution in [1.29, 1.82) is 0 Å². The summed E-state index contributed by atoms with van der Waals surface area (Å²) in [5, 5.41) is 3.24. The van der Waals surface area contributed by atoms with Crippen molar-refractivity contribution in [2.75, 3.05) is 0 Å². The zero-order valence-electron chi connectivity index (χ0n) is 7.44. The number of hydrogen-bond donors (Lipinski definition) is 0. The molecule has 0 unspecified atom stereocenters. The summed E-state index contributed by atoms with van der Waals surface area (Å²) in [6.45, 7) is 0. The van der Waals surface area contributed by atoms with E-state index in [1.807, 2.05) is 18.2 Å². The first-order valence-corrected chi connectivity index (χ1v) is 5.33. The van der Waals surface area contributed by atoms with Crippen LogP contribution in [-0.4, -0.2) is 0 Å². The lowest BCUT2D eigenvalue weighted by molar-refractivity contribution is 0.608. The number of rotatable bonds is 0. The van der Waals surface area contributed by atoms with Crippen molar-refractivity contribution in [3.05, 3.63) is 47.6 Å². The summed E-state index contributed by atoms with van der Waals surface area (Å²) in [4.78, 5) is 1.21. The van der Waals surface area contributed by atoms with Crippen LogP contribution < -0.4 is 0 Å². The van der Waals surface area contributed by atoms with Crippen molar-refractivity contribution < 1.29 is 4.42 Å². The highest BCUT2D eigenvalue weighted by molar-refractivity contribution is 8.02. The van der Waals surface area contributed by atoms with Gasteiger partial charge in [0.25, 0.3) is 0 Å².